The maximum Gasteiger partial charge on any atom is 0.355 e. The summed E-state index contributed by atoms with van der Waals surface area (Å²) in [7, 11) is 1.54. The summed E-state index contributed by atoms with van der Waals surface area (Å²) < 4.78 is 16.8. The molecule has 1 saturated heterocycles. The molecule has 2 aliphatic rings. The Kier molecular flexibility index (Phi) is 12.9. The maximum absolute atomic E-state index is 14.1. The smallest absolute Gasteiger partial charge is 0.355 e. The van der Waals surface area contributed by atoms with Crippen molar-refractivity contribution in [3.63, 3.8) is 0 Å². The van der Waals surface area contributed by atoms with Gasteiger partial charge in [0.05, 0.1) is 7.11 Å². The number of aromatic hydroxyl groups is 2. The molecule has 5 N–H and O–H groups in total. The molecule has 0 saturated carbocycles. The summed E-state index contributed by atoms with van der Waals surface area (Å²) in [6.45, 7) is -0.0735. The number of nitrogens with two attached hydrogens (primary N) is 1. The van der Waals surface area contributed by atoms with E-state index in [1.54, 1.807) is 79.9 Å². The number of hydrogen-bond donors (Lipinski definition) is 4. The summed E-state index contributed by atoms with van der Waals surface area (Å²) in [4.78, 5) is 66.7. The Morgan fingerprint density at radius 1 is 0.967 bits per heavy atom. The topological polar surface area (TPSA) is 212 Å². The van der Waals surface area contributed by atoms with Crippen LogP contribution in [-0.2, 0) is 40.1 Å². The zero-order valence-electron chi connectivity index (χ0n) is 31.6. The SMILES string of the molecule is COc1ccc(COC(=O)C2=C(CCl)CSC3C(NC(=O)/C(=N\OC(C(=O)OC(c4ccccc4)c4ccccc4)c4ccc(O)c(O)c4)c4csc(N)n4)C(=O)N23)cc1. The number of benzene rings is 4. The third kappa shape index (κ3) is 9.02. The highest BCUT2D eigenvalue weighted by Crippen LogP contribution is 2.41. The van der Waals surface area contributed by atoms with Gasteiger partial charge in [0, 0.05) is 22.6 Å². The van der Waals surface area contributed by atoms with Crippen molar-refractivity contribution in [1.29, 1.82) is 0 Å². The van der Waals surface area contributed by atoms with Crippen LogP contribution in [0.25, 0.3) is 0 Å². The first-order valence-corrected chi connectivity index (χ1v) is 20.6. The van der Waals surface area contributed by atoms with Crippen molar-refractivity contribution in [1.82, 2.24) is 15.2 Å². The number of anilines is 1. The number of thioether (sulfide) groups is 1. The molecule has 2 aliphatic heterocycles. The molecule has 18 heteroatoms. The number of ether oxygens (including phenoxy) is 3. The van der Waals surface area contributed by atoms with Crippen molar-refractivity contribution in [2.45, 2.75) is 30.2 Å². The summed E-state index contributed by atoms with van der Waals surface area (Å²) in [5, 5.41) is 28.0. The largest absolute Gasteiger partial charge is 0.504 e. The highest BCUT2D eigenvalue weighted by Gasteiger charge is 2.54. The van der Waals surface area contributed by atoms with Gasteiger partial charge < -0.3 is 40.3 Å². The van der Waals surface area contributed by atoms with Gasteiger partial charge in [-0.3, -0.25) is 14.5 Å². The van der Waals surface area contributed by atoms with E-state index in [2.05, 4.69) is 15.5 Å². The Morgan fingerprint density at radius 3 is 2.25 bits per heavy atom. The molecule has 3 atom stereocenters. The average molecular weight is 870 g/mol. The minimum atomic E-state index is -1.70. The minimum Gasteiger partial charge on any atom is -0.504 e. The fourth-order valence-electron chi connectivity index (χ4n) is 6.34. The molecule has 0 aliphatic carbocycles. The van der Waals surface area contributed by atoms with E-state index in [9.17, 15) is 29.4 Å². The van der Waals surface area contributed by atoms with Crippen LogP contribution in [0.15, 0.2) is 125 Å². The predicted molar refractivity (Wildman–Crippen MR) is 223 cm³/mol. The number of nitrogens with zero attached hydrogens (tertiary/aromatic N) is 3. The third-order valence-corrected chi connectivity index (χ3v) is 11.7. The van der Waals surface area contributed by atoms with Crippen LogP contribution in [0.1, 0.15) is 40.2 Å². The van der Waals surface area contributed by atoms with Gasteiger partial charge in [-0.05, 0) is 46.5 Å². The van der Waals surface area contributed by atoms with Gasteiger partial charge in [0.15, 0.2) is 28.4 Å². The van der Waals surface area contributed by atoms with Crippen molar-refractivity contribution in [2.24, 2.45) is 5.16 Å². The summed E-state index contributed by atoms with van der Waals surface area (Å²) in [5.74, 6) is -3.37. The molecule has 4 aromatic carbocycles. The number of alkyl halides is 1. The van der Waals surface area contributed by atoms with E-state index in [1.807, 2.05) is 12.1 Å². The standard InChI is InChI=1S/C42H36ClN5O10S2/c1-55-28-15-12-23(13-16-28)20-56-40(53)34-27(19-43)21-59-39-33(38(52)48(34)39)46-37(51)32(29-22-60-42(44)45-29)47-58-36(26-14-17-30(49)31(50)18-26)41(54)57-35(24-8-4-2-5-9-24)25-10-6-3-7-11-25/h2-18,22,33,35-36,39,49-50H,19-21H2,1H3,(H2,44,45)(H,46,51)/b47-32-. The van der Waals surface area contributed by atoms with Crippen LogP contribution in [-0.4, -0.2) is 79.7 Å². The number of phenols is 2. The van der Waals surface area contributed by atoms with E-state index in [0.717, 1.165) is 23.5 Å². The molecule has 1 aromatic heterocycles. The number of oxime groups is 1. The van der Waals surface area contributed by atoms with Crippen LogP contribution < -0.4 is 15.8 Å². The second-order valence-corrected chi connectivity index (χ2v) is 15.5. The number of nitrogens with one attached hydrogen (secondary N) is 1. The quantitative estimate of drug-likeness (QED) is 0.0253. The minimum absolute atomic E-state index is 0.00470. The second kappa shape index (κ2) is 18.6. The van der Waals surface area contributed by atoms with Gasteiger partial charge >= 0.3 is 11.9 Å². The Labute approximate surface area is 356 Å². The fraction of sp³-hybridized carbons (Fsp3) is 0.190. The number of thiazole rings is 1. The number of aromatic nitrogens is 1. The second-order valence-electron chi connectivity index (χ2n) is 13.3. The van der Waals surface area contributed by atoms with Crippen molar-refractivity contribution >= 4 is 69.3 Å². The van der Waals surface area contributed by atoms with Crippen LogP contribution in [0, 0.1) is 0 Å². The summed E-state index contributed by atoms with van der Waals surface area (Å²) >= 11 is 8.51. The van der Waals surface area contributed by atoms with Gasteiger partial charge in [0.2, 0.25) is 6.10 Å². The number of phenolic OH excluding ortho intramolecular Hbond substituents is 2. The Balaban J connectivity index is 1.13. The number of rotatable bonds is 15. The fourth-order valence-corrected chi connectivity index (χ4v) is 8.56. The number of carbonyl (C=O) groups is 4. The molecule has 308 valence electrons. The van der Waals surface area contributed by atoms with E-state index in [4.69, 9.17) is 36.4 Å². The Bertz CT molecular complexity index is 2410. The first kappa shape index (κ1) is 41.6. The molecule has 2 amide bonds. The van der Waals surface area contributed by atoms with Gasteiger partial charge in [-0.1, -0.05) is 84.0 Å². The third-order valence-electron chi connectivity index (χ3n) is 9.40. The Hall–Kier alpha value is -6.56. The van der Waals surface area contributed by atoms with Gasteiger partial charge in [-0.25, -0.2) is 14.6 Å². The molecule has 7 rings (SSSR count). The molecule has 3 unspecified atom stereocenters. The lowest BCUT2D eigenvalue weighted by molar-refractivity contribution is -0.162. The van der Waals surface area contributed by atoms with Gasteiger partial charge in [0.25, 0.3) is 11.8 Å². The molecule has 15 nitrogen and oxygen atoms in total. The van der Waals surface area contributed by atoms with Crippen molar-refractivity contribution < 1.29 is 48.4 Å². The maximum atomic E-state index is 14.1. The van der Waals surface area contributed by atoms with Gasteiger partial charge in [-0.15, -0.1) is 34.7 Å². The predicted octanol–water partition coefficient (Wildman–Crippen LogP) is 5.58. The molecule has 5 aromatic rings. The van der Waals surface area contributed by atoms with Crippen LogP contribution in [0.3, 0.4) is 0 Å². The number of nitrogen functional groups attached to an aromatic ring is 1. The lowest BCUT2D eigenvalue weighted by Gasteiger charge is -2.49. The number of carbonyl (C=O) groups excluding carboxylic acids is 4. The van der Waals surface area contributed by atoms with Crippen LogP contribution in [0.4, 0.5) is 5.13 Å². The lowest BCUT2D eigenvalue weighted by Crippen LogP contribution is -2.71. The summed E-state index contributed by atoms with van der Waals surface area (Å²) in [6, 6.07) is 27.3. The number of hydrogen-bond acceptors (Lipinski definition) is 15. The number of amides is 2. The van der Waals surface area contributed by atoms with Crippen molar-refractivity contribution in [3.8, 4) is 17.2 Å². The molecule has 0 bridgehead atoms. The first-order valence-electron chi connectivity index (χ1n) is 18.2. The van der Waals surface area contributed by atoms with Crippen molar-refractivity contribution in [2.75, 3.05) is 24.5 Å². The highest BCUT2D eigenvalue weighted by molar-refractivity contribution is 8.00. The molecular formula is C42H36ClN5O10S2. The molecule has 0 spiro atoms. The molecule has 0 radical (unpaired) electrons. The van der Waals surface area contributed by atoms with E-state index < -0.39 is 64.6 Å². The molecule has 60 heavy (non-hydrogen) atoms. The lowest BCUT2D eigenvalue weighted by atomic mass is 10.0. The summed E-state index contributed by atoms with van der Waals surface area (Å²) in [6.07, 6.45) is -2.61. The number of fused-ring (bicyclic) bond motifs is 1. The van der Waals surface area contributed by atoms with Crippen molar-refractivity contribution in [3.05, 3.63) is 148 Å². The van der Waals surface area contributed by atoms with Crippen LogP contribution in [0.5, 0.6) is 17.2 Å². The number of halogens is 1. The zero-order chi connectivity index (χ0) is 42.3. The van der Waals surface area contributed by atoms with E-state index in [-0.39, 0.29) is 40.3 Å². The normalized spacial score (nSPS) is 16.7. The zero-order valence-corrected chi connectivity index (χ0v) is 34.0. The summed E-state index contributed by atoms with van der Waals surface area (Å²) in [5.41, 5.74) is 7.95. The van der Waals surface area contributed by atoms with E-state index >= 15 is 0 Å². The number of methoxy groups -OCH3 is 1. The van der Waals surface area contributed by atoms with Gasteiger partial charge in [-0.2, -0.15) is 0 Å². The molecular weight excluding hydrogens is 834 g/mol. The van der Waals surface area contributed by atoms with Crippen LogP contribution >= 0.6 is 34.7 Å². The Morgan fingerprint density at radius 2 is 1.65 bits per heavy atom. The average Bonchev–Trinajstić information content (AvgIpc) is 3.71. The number of esters is 2. The van der Waals surface area contributed by atoms with Crippen LogP contribution in [0.2, 0.25) is 0 Å². The van der Waals surface area contributed by atoms with Gasteiger partial charge in [0.1, 0.15) is 35.2 Å². The molecule has 3 heterocycles. The molecule has 1 fully saturated rings. The number of β-lactam (4-membered cyclic amide) rings is 1. The monoisotopic (exact) mass is 869 g/mol. The highest BCUT2D eigenvalue weighted by atomic mass is 35.5. The first-order chi connectivity index (χ1) is 29.1. The van der Waals surface area contributed by atoms with E-state index in [0.29, 0.717) is 28.0 Å². The van der Waals surface area contributed by atoms with E-state index in [1.165, 1.54) is 28.1 Å².